The van der Waals surface area contributed by atoms with Crippen molar-refractivity contribution in [3.63, 3.8) is 0 Å². The molecule has 0 atom stereocenters. The lowest BCUT2D eigenvalue weighted by Crippen LogP contribution is -2.24. The quantitative estimate of drug-likeness (QED) is 0.563. The summed E-state index contributed by atoms with van der Waals surface area (Å²) in [5.74, 6) is 0. The van der Waals surface area contributed by atoms with Crippen molar-refractivity contribution < 1.29 is 13.3 Å². The maximum Gasteiger partial charge on any atom is 0.270 e. The van der Waals surface area contributed by atoms with E-state index in [1.807, 2.05) is 24.3 Å². The molecular weight excluding hydrogens is 354 g/mol. The van der Waals surface area contributed by atoms with E-state index in [0.717, 1.165) is 30.4 Å². The average Bonchev–Trinajstić information content (AvgIpc) is 2.62. The van der Waals surface area contributed by atoms with Crippen LogP contribution in [0.5, 0.6) is 0 Å². The van der Waals surface area contributed by atoms with E-state index in [4.69, 9.17) is 0 Å². The van der Waals surface area contributed by atoms with Gasteiger partial charge in [0.2, 0.25) is 10.0 Å². The van der Waals surface area contributed by atoms with Crippen LogP contribution in [0.2, 0.25) is 0 Å². The number of aryl methyl sites for hydroxylation is 1. The van der Waals surface area contributed by atoms with Crippen molar-refractivity contribution in [2.24, 2.45) is 0 Å². The number of nitrogens with zero attached hydrogens (tertiary/aromatic N) is 2. The molecule has 0 aliphatic heterocycles. The number of hydrogen-bond donors (Lipinski definition) is 1. The summed E-state index contributed by atoms with van der Waals surface area (Å²) in [5, 5.41) is 10.9. The van der Waals surface area contributed by atoms with E-state index < -0.39 is 14.9 Å². The van der Waals surface area contributed by atoms with Crippen LogP contribution in [0.1, 0.15) is 25.0 Å². The third-order valence-corrected chi connectivity index (χ3v) is 5.75. The number of non-ortho nitro benzene ring substituents is 1. The Kier molecular flexibility index (Phi) is 6.33. The minimum atomic E-state index is -3.85. The van der Waals surface area contributed by atoms with Gasteiger partial charge in [0.15, 0.2) is 0 Å². The van der Waals surface area contributed by atoms with Gasteiger partial charge in [-0.15, -0.1) is 0 Å². The monoisotopic (exact) mass is 377 g/mol. The Morgan fingerprint density at radius 2 is 1.69 bits per heavy atom. The van der Waals surface area contributed by atoms with Crippen molar-refractivity contribution in [2.75, 3.05) is 18.0 Å². The summed E-state index contributed by atoms with van der Waals surface area (Å²) in [7, 11) is -3.85. The van der Waals surface area contributed by atoms with E-state index in [1.165, 1.54) is 12.1 Å². The van der Waals surface area contributed by atoms with Crippen LogP contribution < -0.4 is 9.62 Å². The molecule has 2 aromatic carbocycles. The molecule has 0 aliphatic carbocycles. The van der Waals surface area contributed by atoms with Gasteiger partial charge in [-0.3, -0.25) is 10.1 Å². The number of benzene rings is 2. The first kappa shape index (κ1) is 19.9. The first-order valence-corrected chi connectivity index (χ1v) is 9.85. The van der Waals surface area contributed by atoms with Gasteiger partial charge in [-0.2, -0.15) is 0 Å². The Morgan fingerprint density at radius 3 is 2.23 bits per heavy atom. The zero-order chi connectivity index (χ0) is 19.3. The molecule has 0 fully saturated rings. The van der Waals surface area contributed by atoms with Crippen molar-refractivity contribution in [3.8, 4) is 0 Å². The maximum atomic E-state index is 12.5. The first-order valence-electron chi connectivity index (χ1n) is 8.37. The minimum absolute atomic E-state index is 0.0774. The normalized spacial score (nSPS) is 11.3. The van der Waals surface area contributed by atoms with Crippen LogP contribution in [0.25, 0.3) is 0 Å². The smallest absolute Gasteiger partial charge is 0.270 e. The standard InChI is InChI=1S/C18H23N3O4S/c1-4-20(5-2)16-10-7-15(8-11-16)13-19-26(24,25)18-12-17(21(22)23)9-6-14(18)3/h6-12,19H,4-5,13H2,1-3H3. The van der Waals surface area contributed by atoms with E-state index in [9.17, 15) is 18.5 Å². The summed E-state index contributed by atoms with van der Waals surface area (Å²) in [4.78, 5) is 12.4. The van der Waals surface area contributed by atoms with E-state index >= 15 is 0 Å². The Labute approximate surface area is 153 Å². The highest BCUT2D eigenvalue weighted by atomic mass is 32.2. The molecule has 8 heteroatoms. The molecule has 2 rings (SSSR count). The van der Waals surface area contributed by atoms with Crippen molar-refractivity contribution in [1.29, 1.82) is 0 Å². The Bertz CT molecular complexity index is 876. The molecule has 0 aliphatic rings. The van der Waals surface area contributed by atoms with Crippen LogP contribution in [0, 0.1) is 17.0 Å². The highest BCUT2D eigenvalue weighted by molar-refractivity contribution is 7.89. The fourth-order valence-electron chi connectivity index (χ4n) is 2.66. The molecule has 2 aromatic rings. The van der Waals surface area contributed by atoms with E-state index in [-0.39, 0.29) is 17.1 Å². The Balaban J connectivity index is 2.16. The zero-order valence-corrected chi connectivity index (χ0v) is 15.9. The van der Waals surface area contributed by atoms with Gasteiger partial charge < -0.3 is 4.90 Å². The highest BCUT2D eigenvalue weighted by Gasteiger charge is 2.20. The molecule has 0 saturated carbocycles. The second-order valence-electron chi connectivity index (χ2n) is 5.87. The van der Waals surface area contributed by atoms with Gasteiger partial charge in [-0.25, -0.2) is 13.1 Å². The van der Waals surface area contributed by atoms with Crippen LogP contribution >= 0.6 is 0 Å². The van der Waals surface area contributed by atoms with Gasteiger partial charge in [0.1, 0.15) is 0 Å². The lowest BCUT2D eigenvalue weighted by Gasteiger charge is -2.21. The van der Waals surface area contributed by atoms with Gasteiger partial charge in [0.25, 0.3) is 5.69 Å². The van der Waals surface area contributed by atoms with Crippen molar-refractivity contribution in [2.45, 2.75) is 32.2 Å². The van der Waals surface area contributed by atoms with E-state index in [0.29, 0.717) is 5.56 Å². The fraction of sp³-hybridized carbons (Fsp3) is 0.333. The highest BCUT2D eigenvalue weighted by Crippen LogP contribution is 2.22. The molecule has 0 amide bonds. The van der Waals surface area contributed by atoms with Crippen molar-refractivity contribution in [1.82, 2.24) is 4.72 Å². The van der Waals surface area contributed by atoms with Gasteiger partial charge in [-0.05, 0) is 44.0 Å². The summed E-state index contributed by atoms with van der Waals surface area (Å²) in [6.07, 6.45) is 0. The second-order valence-corrected chi connectivity index (χ2v) is 7.61. The lowest BCUT2D eigenvalue weighted by atomic mass is 10.2. The summed E-state index contributed by atoms with van der Waals surface area (Å²) in [6.45, 7) is 7.67. The maximum absolute atomic E-state index is 12.5. The topological polar surface area (TPSA) is 92.6 Å². The molecule has 0 heterocycles. The molecule has 0 spiro atoms. The zero-order valence-electron chi connectivity index (χ0n) is 15.1. The van der Waals surface area contributed by atoms with Gasteiger partial charge in [0, 0.05) is 37.5 Å². The van der Waals surface area contributed by atoms with E-state index in [1.54, 1.807) is 6.92 Å². The number of sulfonamides is 1. The van der Waals surface area contributed by atoms with Crippen LogP contribution in [-0.4, -0.2) is 26.4 Å². The number of nitro groups is 1. The molecule has 0 unspecified atom stereocenters. The molecule has 26 heavy (non-hydrogen) atoms. The van der Waals surface area contributed by atoms with Crippen molar-refractivity contribution >= 4 is 21.4 Å². The van der Waals surface area contributed by atoms with Gasteiger partial charge >= 0.3 is 0 Å². The molecule has 140 valence electrons. The lowest BCUT2D eigenvalue weighted by molar-refractivity contribution is -0.385. The third kappa shape index (κ3) is 4.59. The van der Waals surface area contributed by atoms with Crippen molar-refractivity contribution in [3.05, 3.63) is 63.7 Å². The summed E-state index contributed by atoms with van der Waals surface area (Å²) < 4.78 is 27.6. The number of rotatable bonds is 8. The largest absolute Gasteiger partial charge is 0.372 e. The second kappa shape index (κ2) is 8.29. The predicted octanol–water partition coefficient (Wildman–Crippen LogP) is 3.23. The number of nitrogens with one attached hydrogen (secondary N) is 1. The molecular formula is C18H23N3O4S. The molecule has 7 nitrogen and oxygen atoms in total. The molecule has 0 bridgehead atoms. The summed E-state index contributed by atoms with van der Waals surface area (Å²) in [5.41, 5.74) is 2.10. The van der Waals surface area contributed by atoms with Gasteiger partial charge in [-0.1, -0.05) is 18.2 Å². The summed E-state index contributed by atoms with van der Waals surface area (Å²) >= 11 is 0. The molecule has 0 aromatic heterocycles. The molecule has 0 radical (unpaired) electrons. The number of nitro benzene ring substituents is 1. The van der Waals surface area contributed by atoms with Gasteiger partial charge in [0.05, 0.1) is 9.82 Å². The number of anilines is 1. The molecule has 0 saturated heterocycles. The van der Waals surface area contributed by atoms with Crippen LogP contribution in [0.15, 0.2) is 47.4 Å². The van der Waals surface area contributed by atoms with E-state index in [2.05, 4.69) is 23.5 Å². The first-order chi connectivity index (χ1) is 12.3. The van der Waals surface area contributed by atoms with Crippen LogP contribution in [0.3, 0.4) is 0 Å². The predicted molar refractivity (Wildman–Crippen MR) is 102 cm³/mol. The SMILES string of the molecule is CCN(CC)c1ccc(CNS(=O)(=O)c2cc([N+](=O)[O-])ccc2C)cc1. The fourth-order valence-corrected chi connectivity index (χ4v) is 3.94. The average molecular weight is 377 g/mol. The minimum Gasteiger partial charge on any atom is -0.372 e. The third-order valence-electron chi connectivity index (χ3n) is 4.20. The Morgan fingerprint density at radius 1 is 1.08 bits per heavy atom. The molecule has 1 N–H and O–H groups in total. The van der Waals surface area contributed by atoms with Crippen LogP contribution in [0.4, 0.5) is 11.4 Å². The summed E-state index contributed by atoms with van der Waals surface area (Å²) in [6, 6.07) is 11.5. The van der Waals surface area contributed by atoms with Crippen LogP contribution in [-0.2, 0) is 16.6 Å². The number of hydrogen-bond acceptors (Lipinski definition) is 5. The Hall–Kier alpha value is -2.45.